The molecule has 0 amide bonds. The molecule has 0 bridgehead atoms. The molecule has 2 saturated carbocycles. The number of aliphatic hydroxyl groups is 2. The van der Waals surface area contributed by atoms with E-state index in [9.17, 15) is 10.2 Å². The van der Waals surface area contributed by atoms with Crippen LogP contribution in [0.5, 0.6) is 0 Å². The Labute approximate surface area is 80.0 Å². The van der Waals surface area contributed by atoms with Gasteiger partial charge < -0.3 is 10.2 Å². The minimum absolute atomic E-state index is 0.0110. The van der Waals surface area contributed by atoms with Crippen molar-refractivity contribution >= 4 is 0 Å². The number of hydrogen-bond donors (Lipinski definition) is 2. The fourth-order valence-corrected chi connectivity index (χ4v) is 3.28. The van der Waals surface area contributed by atoms with Crippen LogP contribution in [-0.4, -0.2) is 21.9 Å². The first-order chi connectivity index (χ1) is 6.06. The van der Waals surface area contributed by atoms with Gasteiger partial charge in [0.05, 0.1) is 11.7 Å². The van der Waals surface area contributed by atoms with Gasteiger partial charge in [-0.1, -0.05) is 6.92 Å². The summed E-state index contributed by atoms with van der Waals surface area (Å²) in [5, 5.41) is 20.2. The van der Waals surface area contributed by atoms with Gasteiger partial charge >= 0.3 is 0 Å². The first kappa shape index (κ1) is 9.47. The van der Waals surface area contributed by atoms with Gasteiger partial charge in [-0.3, -0.25) is 0 Å². The van der Waals surface area contributed by atoms with Crippen molar-refractivity contribution < 1.29 is 10.2 Å². The molecule has 2 aliphatic rings. The number of fused-ring (bicyclic) bond motifs is 1. The van der Waals surface area contributed by atoms with Crippen LogP contribution in [0.3, 0.4) is 0 Å². The molecule has 3 atom stereocenters. The molecule has 2 nitrogen and oxygen atoms in total. The Bertz CT molecular complexity index is 204. The molecule has 0 aromatic rings. The van der Waals surface area contributed by atoms with Crippen LogP contribution in [-0.2, 0) is 0 Å². The van der Waals surface area contributed by atoms with Crippen LogP contribution < -0.4 is 0 Å². The maximum atomic E-state index is 10.5. The van der Waals surface area contributed by atoms with Crippen molar-refractivity contribution in [3.05, 3.63) is 0 Å². The first-order valence-corrected chi connectivity index (χ1v) is 5.46. The molecule has 13 heavy (non-hydrogen) atoms. The monoisotopic (exact) mass is 184 g/mol. The lowest BCUT2D eigenvalue weighted by atomic mass is 9.72. The predicted octanol–water partition coefficient (Wildman–Crippen LogP) is 1.84. The Morgan fingerprint density at radius 2 is 1.85 bits per heavy atom. The summed E-state index contributed by atoms with van der Waals surface area (Å²) in [7, 11) is 0. The van der Waals surface area contributed by atoms with E-state index in [1.54, 1.807) is 0 Å². The van der Waals surface area contributed by atoms with Gasteiger partial charge in [-0.25, -0.2) is 0 Å². The minimum atomic E-state index is -0.468. The molecule has 0 heterocycles. The van der Waals surface area contributed by atoms with Crippen molar-refractivity contribution in [2.45, 2.75) is 63.6 Å². The highest BCUT2D eigenvalue weighted by Crippen LogP contribution is 2.53. The van der Waals surface area contributed by atoms with E-state index in [4.69, 9.17) is 0 Å². The topological polar surface area (TPSA) is 40.5 Å². The molecule has 3 unspecified atom stereocenters. The second kappa shape index (κ2) is 2.96. The summed E-state index contributed by atoms with van der Waals surface area (Å²) in [4.78, 5) is 0. The molecule has 0 radical (unpaired) electrons. The maximum Gasteiger partial charge on any atom is 0.0702 e. The standard InChI is InChI=1S/C11H20O2/c1-10-5-3-7-11(10,13)6-2-4-9(12)8-10/h9,12-13H,2-8H2,1H3. The summed E-state index contributed by atoms with van der Waals surface area (Å²) in [5.41, 5.74) is -0.479. The lowest BCUT2D eigenvalue weighted by molar-refractivity contribution is -0.0663. The number of aliphatic hydroxyl groups excluding tert-OH is 1. The third kappa shape index (κ3) is 1.40. The molecular formula is C11H20O2. The van der Waals surface area contributed by atoms with Gasteiger partial charge in [0.15, 0.2) is 0 Å². The van der Waals surface area contributed by atoms with Crippen LogP contribution in [0.4, 0.5) is 0 Å². The van der Waals surface area contributed by atoms with Gasteiger partial charge in [0.25, 0.3) is 0 Å². The molecule has 76 valence electrons. The molecule has 2 aliphatic carbocycles. The molecule has 2 N–H and O–H groups in total. The van der Waals surface area contributed by atoms with E-state index >= 15 is 0 Å². The SMILES string of the molecule is CC12CCCC1(O)CCCC(O)C2. The molecule has 0 aliphatic heterocycles. The predicted molar refractivity (Wildman–Crippen MR) is 51.4 cm³/mol. The second-order valence-corrected chi connectivity index (χ2v) is 5.20. The van der Waals surface area contributed by atoms with Crippen LogP contribution in [0.2, 0.25) is 0 Å². The molecule has 2 heteroatoms. The van der Waals surface area contributed by atoms with Crippen molar-refractivity contribution in [1.82, 2.24) is 0 Å². The fraction of sp³-hybridized carbons (Fsp3) is 1.00. The highest BCUT2D eigenvalue weighted by molar-refractivity contribution is 5.03. The van der Waals surface area contributed by atoms with E-state index in [1.807, 2.05) is 0 Å². The van der Waals surface area contributed by atoms with Crippen molar-refractivity contribution in [2.75, 3.05) is 0 Å². The van der Waals surface area contributed by atoms with Crippen LogP contribution in [0.15, 0.2) is 0 Å². The fourth-order valence-electron chi connectivity index (χ4n) is 3.28. The summed E-state index contributed by atoms with van der Waals surface area (Å²) in [6.45, 7) is 2.15. The molecule has 2 rings (SSSR count). The lowest BCUT2D eigenvalue weighted by Gasteiger charge is -2.38. The Morgan fingerprint density at radius 3 is 2.62 bits per heavy atom. The molecule has 0 aromatic carbocycles. The Morgan fingerprint density at radius 1 is 1.15 bits per heavy atom. The Kier molecular flexibility index (Phi) is 2.16. The van der Waals surface area contributed by atoms with Gasteiger partial charge in [-0.15, -0.1) is 0 Å². The lowest BCUT2D eigenvalue weighted by Crippen LogP contribution is -2.41. The minimum Gasteiger partial charge on any atom is -0.393 e. The van der Waals surface area contributed by atoms with E-state index in [-0.39, 0.29) is 11.5 Å². The molecule has 2 fully saturated rings. The second-order valence-electron chi connectivity index (χ2n) is 5.20. The highest BCUT2D eigenvalue weighted by Gasteiger charge is 2.51. The zero-order valence-corrected chi connectivity index (χ0v) is 8.42. The van der Waals surface area contributed by atoms with Gasteiger partial charge in [-0.05, 0) is 50.4 Å². The number of rotatable bonds is 0. The van der Waals surface area contributed by atoms with Crippen molar-refractivity contribution in [1.29, 1.82) is 0 Å². The average molecular weight is 184 g/mol. The summed E-state index contributed by atoms with van der Waals surface area (Å²) >= 11 is 0. The van der Waals surface area contributed by atoms with Crippen LogP contribution in [0.1, 0.15) is 51.9 Å². The van der Waals surface area contributed by atoms with Gasteiger partial charge in [0.1, 0.15) is 0 Å². The average Bonchev–Trinajstić information content (AvgIpc) is 2.22. The van der Waals surface area contributed by atoms with Crippen molar-refractivity contribution in [3.8, 4) is 0 Å². The smallest absolute Gasteiger partial charge is 0.0702 e. The Balaban J connectivity index is 2.23. The quantitative estimate of drug-likeness (QED) is 0.603. The van der Waals surface area contributed by atoms with Crippen LogP contribution in [0, 0.1) is 5.41 Å². The largest absolute Gasteiger partial charge is 0.393 e. The number of hydrogen-bond acceptors (Lipinski definition) is 2. The van der Waals surface area contributed by atoms with E-state index in [0.717, 1.165) is 44.9 Å². The third-order valence-electron chi connectivity index (χ3n) is 4.26. The molecule has 0 aromatic heterocycles. The third-order valence-corrected chi connectivity index (χ3v) is 4.26. The first-order valence-electron chi connectivity index (χ1n) is 5.46. The summed E-state index contributed by atoms with van der Waals surface area (Å²) in [6, 6.07) is 0. The van der Waals surface area contributed by atoms with E-state index < -0.39 is 5.60 Å². The highest BCUT2D eigenvalue weighted by atomic mass is 16.3. The normalized spacial score (nSPS) is 51.5. The summed E-state index contributed by atoms with van der Waals surface area (Å²) in [6.07, 6.45) is 6.50. The van der Waals surface area contributed by atoms with Gasteiger partial charge in [-0.2, -0.15) is 0 Å². The zero-order chi connectivity index (χ0) is 9.53. The molecular weight excluding hydrogens is 164 g/mol. The van der Waals surface area contributed by atoms with Gasteiger partial charge in [0, 0.05) is 0 Å². The molecule has 0 saturated heterocycles. The van der Waals surface area contributed by atoms with E-state index in [1.165, 1.54) is 0 Å². The van der Waals surface area contributed by atoms with Gasteiger partial charge in [0.2, 0.25) is 0 Å². The molecule has 0 spiro atoms. The van der Waals surface area contributed by atoms with Crippen LogP contribution in [0.25, 0.3) is 0 Å². The summed E-state index contributed by atoms with van der Waals surface area (Å²) in [5.74, 6) is 0. The van der Waals surface area contributed by atoms with E-state index in [0.29, 0.717) is 0 Å². The van der Waals surface area contributed by atoms with Crippen molar-refractivity contribution in [2.24, 2.45) is 5.41 Å². The summed E-state index contributed by atoms with van der Waals surface area (Å²) < 4.78 is 0. The van der Waals surface area contributed by atoms with Crippen molar-refractivity contribution in [3.63, 3.8) is 0 Å². The van der Waals surface area contributed by atoms with Crippen LogP contribution >= 0.6 is 0 Å². The van der Waals surface area contributed by atoms with E-state index in [2.05, 4.69) is 6.92 Å². The zero-order valence-electron chi connectivity index (χ0n) is 8.42. The Hall–Kier alpha value is -0.0800. The maximum absolute atomic E-state index is 10.5.